The van der Waals surface area contributed by atoms with Crippen LogP contribution in [0.25, 0.3) is 0 Å². The normalized spacial score (nSPS) is 9.85. The lowest BCUT2D eigenvalue weighted by Gasteiger charge is -2.12. The van der Waals surface area contributed by atoms with Gasteiger partial charge < -0.3 is 20.1 Å². The van der Waals surface area contributed by atoms with Crippen LogP contribution in [0.4, 0.5) is 5.69 Å². The van der Waals surface area contributed by atoms with E-state index in [2.05, 4.69) is 26.6 Å². The van der Waals surface area contributed by atoms with E-state index in [-0.39, 0.29) is 19.1 Å². The van der Waals surface area contributed by atoms with Gasteiger partial charge in [0.2, 0.25) is 5.91 Å². The summed E-state index contributed by atoms with van der Waals surface area (Å²) < 4.78 is 11.4. The summed E-state index contributed by atoms with van der Waals surface area (Å²) in [5.74, 6) is -0.110. The van der Waals surface area contributed by atoms with Gasteiger partial charge in [0.05, 0.1) is 25.3 Å². The van der Waals surface area contributed by atoms with E-state index >= 15 is 0 Å². The summed E-state index contributed by atoms with van der Waals surface area (Å²) in [4.78, 5) is 23.9. The molecule has 27 heavy (non-hydrogen) atoms. The van der Waals surface area contributed by atoms with Gasteiger partial charge in [-0.25, -0.2) is 0 Å². The third-order valence-corrected chi connectivity index (χ3v) is 4.05. The Kier molecular flexibility index (Phi) is 7.20. The molecule has 0 aromatic heterocycles. The molecule has 7 nitrogen and oxygen atoms in total. The molecule has 0 atom stereocenters. The smallest absolute Gasteiger partial charge is 0.258 e. The zero-order chi connectivity index (χ0) is 19.8. The maximum absolute atomic E-state index is 12.0. The summed E-state index contributed by atoms with van der Waals surface area (Å²) in [5, 5.41) is 14.1. The van der Waals surface area contributed by atoms with E-state index in [1.54, 1.807) is 18.2 Å². The van der Waals surface area contributed by atoms with Crippen LogP contribution in [0.2, 0.25) is 0 Å². The zero-order valence-corrected chi connectivity index (χ0v) is 16.4. The number of carbonyl (C=O) groups excluding carboxylic acids is 2. The lowest BCUT2D eigenvalue weighted by atomic mass is 10.2. The van der Waals surface area contributed by atoms with Crippen LogP contribution in [0.3, 0.4) is 0 Å². The van der Waals surface area contributed by atoms with Gasteiger partial charge in [0, 0.05) is 16.2 Å². The highest BCUT2D eigenvalue weighted by Crippen LogP contribution is 2.27. The van der Waals surface area contributed by atoms with Gasteiger partial charge in [0.25, 0.3) is 5.91 Å². The Hall–Kier alpha value is -3.05. The van der Waals surface area contributed by atoms with Gasteiger partial charge in [0.1, 0.15) is 0 Å². The summed E-state index contributed by atoms with van der Waals surface area (Å²) in [6.45, 7) is 1.41. The molecular formula is C19H18BrN3O4. The Labute approximate surface area is 165 Å². The monoisotopic (exact) mass is 431 g/mol. The van der Waals surface area contributed by atoms with Crippen LogP contribution in [0.15, 0.2) is 40.9 Å². The number of hydrogen-bond acceptors (Lipinski definition) is 5. The minimum Gasteiger partial charge on any atom is -0.493 e. The molecule has 0 saturated carbocycles. The fraction of sp³-hybridized carbons (Fsp3) is 0.211. The Morgan fingerprint density at radius 1 is 1.15 bits per heavy atom. The Morgan fingerprint density at radius 2 is 1.93 bits per heavy atom. The molecule has 2 amide bonds. The van der Waals surface area contributed by atoms with Gasteiger partial charge >= 0.3 is 0 Å². The van der Waals surface area contributed by atoms with E-state index in [0.29, 0.717) is 22.7 Å². The number of nitrogens with one attached hydrogen (secondary N) is 2. The lowest BCUT2D eigenvalue weighted by molar-refractivity contribution is -0.125. The molecule has 2 aromatic carbocycles. The van der Waals surface area contributed by atoms with Crippen molar-refractivity contribution in [2.45, 2.75) is 6.92 Å². The first-order chi connectivity index (χ1) is 12.9. The molecule has 0 heterocycles. The second-order valence-electron chi connectivity index (χ2n) is 5.55. The molecular weight excluding hydrogens is 414 g/mol. The van der Waals surface area contributed by atoms with Crippen molar-refractivity contribution >= 4 is 33.4 Å². The van der Waals surface area contributed by atoms with Crippen molar-refractivity contribution in [3.05, 3.63) is 52.0 Å². The van der Waals surface area contributed by atoms with Gasteiger partial charge in [0.15, 0.2) is 18.1 Å². The number of amides is 2. The standard InChI is InChI=1S/C19H18BrN3O4/c1-12-7-14(20)4-5-15(12)23-18(24)10-22-19(25)11-27-16-6-3-13(9-21)8-17(16)26-2/h3-8H,10-11H2,1-2H3,(H,22,25)(H,23,24). The molecule has 0 aliphatic heterocycles. The SMILES string of the molecule is COc1cc(C#N)ccc1OCC(=O)NCC(=O)Nc1ccc(Br)cc1C. The summed E-state index contributed by atoms with van der Waals surface area (Å²) in [5.41, 5.74) is 2.00. The molecule has 0 unspecified atom stereocenters. The molecule has 0 radical (unpaired) electrons. The van der Waals surface area contributed by atoms with Gasteiger partial charge in [-0.1, -0.05) is 15.9 Å². The van der Waals surface area contributed by atoms with E-state index in [1.165, 1.54) is 13.2 Å². The third kappa shape index (κ3) is 6.01. The van der Waals surface area contributed by atoms with Crippen molar-refractivity contribution in [3.8, 4) is 17.6 Å². The molecule has 0 spiro atoms. The second-order valence-corrected chi connectivity index (χ2v) is 6.47. The zero-order valence-electron chi connectivity index (χ0n) is 14.8. The van der Waals surface area contributed by atoms with Gasteiger partial charge in [-0.05, 0) is 42.8 Å². The molecule has 0 saturated heterocycles. The number of aryl methyl sites for hydroxylation is 1. The van der Waals surface area contributed by atoms with Crippen molar-refractivity contribution in [1.29, 1.82) is 5.26 Å². The van der Waals surface area contributed by atoms with E-state index in [4.69, 9.17) is 14.7 Å². The molecule has 0 aliphatic carbocycles. The van der Waals surface area contributed by atoms with Crippen LogP contribution in [0.1, 0.15) is 11.1 Å². The van der Waals surface area contributed by atoms with Crippen LogP contribution >= 0.6 is 15.9 Å². The number of anilines is 1. The molecule has 2 rings (SSSR count). The molecule has 2 aromatic rings. The first-order valence-corrected chi connectivity index (χ1v) is 8.76. The Morgan fingerprint density at radius 3 is 2.59 bits per heavy atom. The number of nitriles is 1. The average molecular weight is 432 g/mol. The second kappa shape index (κ2) is 9.59. The maximum atomic E-state index is 12.0. The number of carbonyl (C=O) groups is 2. The van der Waals surface area contributed by atoms with Gasteiger partial charge in [-0.15, -0.1) is 0 Å². The van der Waals surface area contributed by atoms with Crippen LogP contribution in [0, 0.1) is 18.3 Å². The predicted octanol–water partition coefficient (Wildman–Crippen LogP) is 2.77. The average Bonchev–Trinajstić information content (AvgIpc) is 2.66. The van der Waals surface area contributed by atoms with Crippen LogP contribution in [0.5, 0.6) is 11.5 Å². The van der Waals surface area contributed by atoms with Crippen molar-refractivity contribution in [1.82, 2.24) is 5.32 Å². The van der Waals surface area contributed by atoms with Crippen LogP contribution in [-0.4, -0.2) is 32.1 Å². The summed E-state index contributed by atoms with van der Waals surface area (Å²) in [6, 6.07) is 12.1. The first-order valence-electron chi connectivity index (χ1n) is 7.96. The minimum absolute atomic E-state index is 0.178. The quantitative estimate of drug-likeness (QED) is 0.701. The van der Waals surface area contributed by atoms with Gasteiger partial charge in [-0.2, -0.15) is 5.26 Å². The lowest BCUT2D eigenvalue weighted by Crippen LogP contribution is -2.35. The molecule has 0 fully saturated rings. The van der Waals surface area contributed by atoms with Crippen molar-refractivity contribution in [3.63, 3.8) is 0 Å². The molecule has 2 N–H and O–H groups in total. The Bertz CT molecular complexity index is 893. The summed E-state index contributed by atoms with van der Waals surface area (Å²) in [6.07, 6.45) is 0. The number of methoxy groups -OCH3 is 1. The number of ether oxygens (including phenoxy) is 2. The van der Waals surface area contributed by atoms with Crippen molar-refractivity contribution < 1.29 is 19.1 Å². The molecule has 0 bridgehead atoms. The van der Waals surface area contributed by atoms with E-state index in [9.17, 15) is 9.59 Å². The van der Waals surface area contributed by atoms with Crippen LogP contribution in [-0.2, 0) is 9.59 Å². The number of rotatable bonds is 7. The van der Waals surface area contributed by atoms with E-state index in [1.807, 2.05) is 25.1 Å². The van der Waals surface area contributed by atoms with Crippen molar-refractivity contribution in [2.75, 3.05) is 25.6 Å². The molecule has 140 valence electrons. The largest absolute Gasteiger partial charge is 0.493 e. The fourth-order valence-electron chi connectivity index (χ4n) is 2.19. The Balaban J connectivity index is 1.82. The van der Waals surface area contributed by atoms with Crippen molar-refractivity contribution in [2.24, 2.45) is 0 Å². The highest BCUT2D eigenvalue weighted by atomic mass is 79.9. The maximum Gasteiger partial charge on any atom is 0.258 e. The third-order valence-electron chi connectivity index (χ3n) is 3.56. The first kappa shape index (κ1) is 20.3. The topological polar surface area (TPSA) is 100 Å². The van der Waals surface area contributed by atoms with E-state index in [0.717, 1.165) is 10.0 Å². The highest BCUT2D eigenvalue weighted by Gasteiger charge is 2.11. The number of halogens is 1. The molecule has 0 aliphatic rings. The number of hydrogen-bond donors (Lipinski definition) is 2. The number of nitrogens with zero attached hydrogens (tertiary/aromatic N) is 1. The number of benzene rings is 2. The predicted molar refractivity (Wildman–Crippen MR) is 104 cm³/mol. The minimum atomic E-state index is -0.455. The summed E-state index contributed by atoms with van der Waals surface area (Å²) in [7, 11) is 1.44. The van der Waals surface area contributed by atoms with Crippen LogP contribution < -0.4 is 20.1 Å². The van der Waals surface area contributed by atoms with Gasteiger partial charge in [-0.3, -0.25) is 9.59 Å². The highest BCUT2D eigenvalue weighted by molar-refractivity contribution is 9.10. The summed E-state index contributed by atoms with van der Waals surface area (Å²) >= 11 is 3.36. The van der Waals surface area contributed by atoms with E-state index < -0.39 is 5.91 Å². The molecule has 8 heteroatoms. The fourth-order valence-corrected chi connectivity index (χ4v) is 2.67.